The smallest absolute Gasteiger partial charge is 0.412 e. The number of nitrogens with one attached hydrogen (secondary N) is 2. The van der Waals surface area contributed by atoms with Gasteiger partial charge >= 0.3 is 12.1 Å². The normalized spacial score (nSPS) is 16.9. The second-order valence-electron chi connectivity index (χ2n) is 14.5. The number of aromatic nitrogens is 2. The molecule has 1 amide bonds. The molecule has 15 heteroatoms. The Kier molecular flexibility index (Phi) is 9.77. The van der Waals surface area contributed by atoms with Crippen molar-refractivity contribution in [1.82, 2.24) is 14.9 Å². The Morgan fingerprint density at radius 2 is 1.96 bits per heavy atom. The Morgan fingerprint density at radius 3 is 2.65 bits per heavy atom. The van der Waals surface area contributed by atoms with Gasteiger partial charge in [-0.15, -0.1) is 11.3 Å². The van der Waals surface area contributed by atoms with Crippen LogP contribution in [0.25, 0.3) is 32.1 Å². The van der Waals surface area contributed by atoms with Crippen molar-refractivity contribution in [1.29, 1.82) is 5.26 Å². The predicted octanol–water partition coefficient (Wildman–Crippen LogP) is 8.20. The number of rotatable bonds is 9. The molecule has 7 rings (SSSR count). The molecule has 2 aromatic heterocycles. The maximum atomic E-state index is 15.5. The van der Waals surface area contributed by atoms with Gasteiger partial charge in [-0.05, 0) is 95.3 Å². The van der Waals surface area contributed by atoms with Crippen LogP contribution in [0.15, 0.2) is 23.9 Å². The van der Waals surface area contributed by atoms with Crippen molar-refractivity contribution in [2.24, 2.45) is 5.73 Å². The van der Waals surface area contributed by atoms with Crippen LogP contribution < -0.4 is 21.1 Å². The number of nitriles is 1. The van der Waals surface area contributed by atoms with Crippen molar-refractivity contribution in [2.45, 2.75) is 77.7 Å². The van der Waals surface area contributed by atoms with Crippen LogP contribution in [0.5, 0.6) is 6.01 Å². The fourth-order valence-corrected chi connectivity index (χ4v) is 9.27. The number of hydrogen-bond donors (Lipinski definition) is 3. The lowest BCUT2D eigenvalue weighted by Crippen LogP contribution is -2.43. The van der Waals surface area contributed by atoms with Crippen LogP contribution in [-0.4, -0.2) is 63.2 Å². The Bertz CT molecular complexity index is 2200. The highest BCUT2D eigenvalue weighted by Crippen LogP contribution is 2.50. The number of allylic oxidation sites excluding steroid dienone is 1. The molecule has 2 saturated heterocycles. The molecule has 272 valence electrons. The maximum Gasteiger partial charge on any atom is 0.412 e. The van der Waals surface area contributed by atoms with Gasteiger partial charge in [-0.1, -0.05) is 29.9 Å². The third kappa shape index (κ3) is 6.76. The quantitative estimate of drug-likeness (QED) is 0.112. The number of ether oxygens (including phenoxy) is 3. The first-order chi connectivity index (χ1) is 24.8. The van der Waals surface area contributed by atoms with E-state index in [2.05, 4.69) is 21.6 Å². The van der Waals surface area contributed by atoms with Crippen LogP contribution >= 0.6 is 35.2 Å². The summed E-state index contributed by atoms with van der Waals surface area (Å²) in [5, 5.41) is 17.8. The number of nitrogens with two attached hydrogens (primary N) is 1. The van der Waals surface area contributed by atoms with Crippen LogP contribution in [0.3, 0.4) is 0 Å². The number of nitrogens with zero attached hydrogens (tertiary/aromatic N) is 4. The highest BCUT2D eigenvalue weighted by atomic mass is 35.5. The summed E-state index contributed by atoms with van der Waals surface area (Å²) in [6.07, 6.45) is 5.30. The zero-order valence-electron chi connectivity index (χ0n) is 29.4. The number of benzene rings is 2. The van der Waals surface area contributed by atoms with E-state index in [1.165, 1.54) is 6.07 Å². The van der Waals surface area contributed by atoms with Crippen molar-refractivity contribution in [3.05, 3.63) is 51.4 Å². The summed E-state index contributed by atoms with van der Waals surface area (Å²) >= 11 is 13.9. The molecule has 4 N–H and O–H groups in total. The number of halogens is 2. The number of carbonyl (C=O) groups excluding carboxylic acids is 1. The van der Waals surface area contributed by atoms with Crippen LogP contribution in [0.2, 0.25) is 5.02 Å². The molecule has 5 heterocycles. The second kappa shape index (κ2) is 14.0. The first-order valence-corrected chi connectivity index (χ1v) is 18.8. The summed E-state index contributed by atoms with van der Waals surface area (Å²) < 4.78 is 33.6. The number of amides is 1. The van der Waals surface area contributed by atoms with E-state index in [9.17, 15) is 10.1 Å². The van der Waals surface area contributed by atoms with Crippen molar-refractivity contribution >= 4 is 77.9 Å². The van der Waals surface area contributed by atoms with Crippen LogP contribution in [0, 0.1) is 17.1 Å². The highest BCUT2D eigenvalue weighted by molar-refractivity contribution is 7.80. The van der Waals surface area contributed by atoms with Gasteiger partial charge in [0.15, 0.2) is 0 Å². The third-order valence-electron chi connectivity index (χ3n) is 9.66. The summed E-state index contributed by atoms with van der Waals surface area (Å²) in [7, 11) is 0. The summed E-state index contributed by atoms with van der Waals surface area (Å²) in [6, 6.07) is 5.27. The van der Waals surface area contributed by atoms with E-state index in [1.807, 2.05) is 0 Å². The minimum atomic E-state index is -0.778. The third-order valence-corrected chi connectivity index (χ3v) is 11.4. The largest absolute Gasteiger partial charge is 0.461 e. The lowest BCUT2D eigenvalue weighted by Gasteiger charge is -2.31. The molecule has 11 nitrogen and oxygen atoms in total. The van der Waals surface area contributed by atoms with Crippen molar-refractivity contribution < 1.29 is 23.4 Å². The topological polar surface area (TPSA) is 148 Å². The fourth-order valence-electron chi connectivity index (χ4n) is 7.59. The molecule has 4 aromatic rings. The molecule has 0 atom stereocenters. The summed E-state index contributed by atoms with van der Waals surface area (Å²) in [4.78, 5) is 25.6. The van der Waals surface area contributed by atoms with Gasteiger partial charge in [0, 0.05) is 21.5 Å². The lowest BCUT2D eigenvalue weighted by molar-refractivity contribution is 0.0636. The monoisotopic (exact) mass is 763 g/mol. The standard InChI is InChI=1S/C37H39ClFN7O4S2/c1-19(41)13-20(51)15-42-32-28-24-17-48-16-23(24)26(29(38)30(28)43-34(44-32)49-18-37-9-5-11-46(37)12-6-10-37)21-7-8-25(39)31-27(21)22(14-40)33(52-31)45-35(47)50-36(2,3)4/h7-8,13H,5-6,9-12,15-18,41H2,1-4H3,(H,45,47)(H,42,43,44)/b19-13-. The molecule has 0 saturated carbocycles. The highest BCUT2D eigenvalue weighted by Gasteiger charge is 2.45. The first-order valence-electron chi connectivity index (χ1n) is 17.1. The first kappa shape index (κ1) is 36.2. The van der Waals surface area contributed by atoms with Gasteiger partial charge in [0.05, 0.1) is 51.5 Å². The van der Waals surface area contributed by atoms with Gasteiger partial charge in [-0.3, -0.25) is 10.2 Å². The molecule has 0 unspecified atom stereocenters. The van der Waals surface area contributed by atoms with Gasteiger partial charge in [0.1, 0.15) is 34.9 Å². The Labute approximate surface area is 315 Å². The summed E-state index contributed by atoms with van der Waals surface area (Å²) in [5.74, 6) is -0.0639. The van der Waals surface area contributed by atoms with Crippen molar-refractivity contribution in [2.75, 3.05) is 36.9 Å². The number of fused-ring (bicyclic) bond motifs is 5. The second-order valence-corrected chi connectivity index (χ2v) is 16.4. The van der Waals surface area contributed by atoms with E-state index in [1.54, 1.807) is 39.8 Å². The van der Waals surface area contributed by atoms with Gasteiger partial charge < -0.3 is 25.3 Å². The molecule has 0 bridgehead atoms. The van der Waals surface area contributed by atoms with E-state index in [0.29, 0.717) is 50.4 Å². The zero-order chi connectivity index (χ0) is 36.9. The van der Waals surface area contributed by atoms with Crippen LogP contribution in [0.4, 0.5) is 20.0 Å². The number of thiocarbonyl (C=S) groups is 1. The molecule has 2 aromatic carbocycles. The van der Waals surface area contributed by atoms with Crippen molar-refractivity contribution in [3.63, 3.8) is 0 Å². The van der Waals surface area contributed by atoms with E-state index in [4.69, 9.17) is 53.7 Å². The summed E-state index contributed by atoms with van der Waals surface area (Å²) in [5.41, 5.74) is 8.77. The molecule has 0 radical (unpaired) electrons. The molecule has 0 aliphatic carbocycles. The lowest BCUT2D eigenvalue weighted by atomic mass is 9.91. The van der Waals surface area contributed by atoms with E-state index in [-0.39, 0.29) is 51.6 Å². The maximum absolute atomic E-state index is 15.5. The van der Waals surface area contributed by atoms with E-state index >= 15 is 4.39 Å². The average molecular weight is 764 g/mol. The molecule has 3 aliphatic heterocycles. The molecular formula is C37H39ClFN7O4S2. The molecule has 3 aliphatic rings. The van der Waals surface area contributed by atoms with Gasteiger partial charge in [0.25, 0.3) is 0 Å². The minimum absolute atomic E-state index is 0.0466. The van der Waals surface area contributed by atoms with Gasteiger partial charge in [-0.2, -0.15) is 15.2 Å². The number of thiophene rings is 1. The van der Waals surface area contributed by atoms with E-state index in [0.717, 1.165) is 61.2 Å². The number of carbonyl (C=O) groups is 1. The van der Waals surface area contributed by atoms with Gasteiger partial charge in [-0.25, -0.2) is 9.18 Å². The number of anilines is 2. The SMILES string of the molecule is C/C(N)=C/C(=S)CNc1nc(OCC23CCCN2CCC3)nc2c(Cl)c(-c3ccc(F)c4sc(NC(=O)OC(C)(C)C)c(C#N)c34)c3c(c12)COC3. The van der Waals surface area contributed by atoms with E-state index < -0.39 is 17.5 Å². The Hall–Kier alpha value is -4.13. The Morgan fingerprint density at radius 1 is 1.23 bits per heavy atom. The molecule has 52 heavy (non-hydrogen) atoms. The molecule has 2 fully saturated rings. The summed E-state index contributed by atoms with van der Waals surface area (Å²) in [6.45, 7) is 10.2. The van der Waals surface area contributed by atoms with Crippen LogP contribution in [-0.2, 0) is 22.7 Å². The minimum Gasteiger partial charge on any atom is -0.461 e. The van der Waals surface area contributed by atoms with Gasteiger partial charge in [0.2, 0.25) is 0 Å². The predicted molar refractivity (Wildman–Crippen MR) is 206 cm³/mol. The number of hydrogen-bond acceptors (Lipinski definition) is 12. The zero-order valence-corrected chi connectivity index (χ0v) is 31.8. The van der Waals surface area contributed by atoms with Crippen LogP contribution in [0.1, 0.15) is 70.1 Å². The fraction of sp³-hybridized carbons (Fsp3) is 0.432. The molecular weight excluding hydrogens is 725 g/mol. The molecule has 0 spiro atoms. The average Bonchev–Trinajstić information content (AvgIpc) is 3.86. The Balaban J connectivity index is 1.39. The van der Waals surface area contributed by atoms with Crippen molar-refractivity contribution in [3.8, 4) is 23.2 Å².